The van der Waals surface area contributed by atoms with E-state index in [0.717, 1.165) is 6.08 Å². The predicted molar refractivity (Wildman–Crippen MR) is 91.9 cm³/mol. The molecule has 0 aliphatic heterocycles. The van der Waals surface area contributed by atoms with Crippen LogP contribution in [0.4, 0.5) is 5.69 Å². The highest BCUT2D eigenvalue weighted by molar-refractivity contribution is 9.10. The van der Waals surface area contributed by atoms with E-state index >= 15 is 0 Å². The van der Waals surface area contributed by atoms with Gasteiger partial charge < -0.3 is 0 Å². The summed E-state index contributed by atoms with van der Waals surface area (Å²) in [6.07, 6.45) is 2.40. The minimum absolute atomic E-state index is 0.112. The van der Waals surface area contributed by atoms with Gasteiger partial charge in [0.1, 0.15) is 0 Å². The summed E-state index contributed by atoms with van der Waals surface area (Å²) in [6.45, 7) is 0. The molecular weight excluding hydrogens is 378 g/mol. The number of rotatable bonds is 4. The minimum atomic E-state index is -0.617. The van der Waals surface area contributed by atoms with Gasteiger partial charge in [0.15, 0.2) is 0 Å². The van der Waals surface area contributed by atoms with E-state index in [-0.39, 0.29) is 11.3 Å². The van der Waals surface area contributed by atoms with Crippen LogP contribution in [0.2, 0.25) is 0 Å². The van der Waals surface area contributed by atoms with E-state index in [2.05, 4.69) is 26.8 Å². The van der Waals surface area contributed by atoms with Gasteiger partial charge in [-0.2, -0.15) is 0 Å². The Balaban J connectivity index is 1.98. The number of hydrogen-bond donors (Lipinski definition) is 2. The van der Waals surface area contributed by atoms with Crippen molar-refractivity contribution in [3.8, 4) is 0 Å². The number of nitrogens with zero attached hydrogens (tertiary/aromatic N) is 1. The molecule has 122 valence electrons. The molecule has 0 bridgehead atoms. The third-order valence-electron chi connectivity index (χ3n) is 2.97. The molecule has 2 aromatic carbocycles. The highest BCUT2D eigenvalue weighted by Gasteiger charge is 2.11. The van der Waals surface area contributed by atoms with E-state index < -0.39 is 16.7 Å². The Morgan fingerprint density at radius 2 is 1.71 bits per heavy atom. The van der Waals surface area contributed by atoms with Gasteiger partial charge in [0.05, 0.1) is 16.1 Å². The summed E-state index contributed by atoms with van der Waals surface area (Å²) in [5.41, 5.74) is 5.01. The topological polar surface area (TPSA) is 101 Å². The molecule has 7 nitrogen and oxygen atoms in total. The van der Waals surface area contributed by atoms with E-state index in [4.69, 9.17) is 0 Å². The fraction of sp³-hybridized carbons (Fsp3) is 0. The van der Waals surface area contributed by atoms with Crippen LogP contribution in [0.5, 0.6) is 0 Å². The van der Waals surface area contributed by atoms with Crippen molar-refractivity contribution in [2.45, 2.75) is 0 Å². The molecule has 2 aromatic rings. The Morgan fingerprint density at radius 3 is 2.42 bits per heavy atom. The Morgan fingerprint density at radius 1 is 1.04 bits per heavy atom. The number of benzene rings is 2. The van der Waals surface area contributed by atoms with Gasteiger partial charge in [-0.05, 0) is 40.2 Å². The van der Waals surface area contributed by atoms with Gasteiger partial charge in [-0.15, -0.1) is 0 Å². The number of carbonyl (C=O) groups excluding carboxylic acids is 2. The zero-order valence-electron chi connectivity index (χ0n) is 12.2. The Bertz CT molecular complexity index is 820. The van der Waals surface area contributed by atoms with Crippen LogP contribution in [0.3, 0.4) is 0 Å². The van der Waals surface area contributed by atoms with Gasteiger partial charge in [0, 0.05) is 16.6 Å². The average molecular weight is 390 g/mol. The maximum absolute atomic E-state index is 11.9. The fourth-order valence-corrected chi connectivity index (χ4v) is 2.30. The van der Waals surface area contributed by atoms with Gasteiger partial charge >= 0.3 is 0 Å². The third-order valence-corrected chi connectivity index (χ3v) is 3.66. The summed E-state index contributed by atoms with van der Waals surface area (Å²) in [7, 11) is 0. The second-order valence-corrected chi connectivity index (χ2v) is 5.43. The zero-order valence-corrected chi connectivity index (χ0v) is 13.8. The molecule has 0 saturated carbocycles. The molecule has 0 saturated heterocycles. The normalized spacial score (nSPS) is 10.4. The third kappa shape index (κ3) is 4.50. The summed E-state index contributed by atoms with van der Waals surface area (Å²) in [5, 5.41) is 10.9. The van der Waals surface area contributed by atoms with E-state index in [1.807, 2.05) is 0 Å². The fourth-order valence-electron chi connectivity index (χ4n) is 1.83. The quantitative estimate of drug-likeness (QED) is 0.476. The van der Waals surface area contributed by atoms with Crippen molar-refractivity contribution in [1.29, 1.82) is 0 Å². The SMILES string of the molecule is O=C(/C=C/c1ccccc1[N+](=O)[O-])NNC(=O)c1ccccc1Br. The average Bonchev–Trinajstić information content (AvgIpc) is 2.58. The Kier molecular flexibility index (Phi) is 5.80. The zero-order chi connectivity index (χ0) is 17.5. The molecule has 0 spiro atoms. The lowest BCUT2D eigenvalue weighted by Gasteiger charge is -2.06. The largest absolute Gasteiger partial charge is 0.276 e. The number of nitro groups is 1. The maximum atomic E-state index is 11.9. The molecule has 2 rings (SSSR count). The smallest absolute Gasteiger partial charge is 0.268 e. The predicted octanol–water partition coefficient (Wildman–Crippen LogP) is 2.83. The summed E-state index contributed by atoms with van der Waals surface area (Å²) in [6, 6.07) is 12.8. The molecule has 0 aliphatic rings. The number of hydrazine groups is 1. The molecule has 2 N–H and O–H groups in total. The molecule has 2 amide bonds. The standard InChI is InChI=1S/C16H12BrN3O4/c17-13-7-3-2-6-12(13)16(22)19-18-15(21)10-9-11-5-1-4-8-14(11)20(23)24/h1-10H,(H,18,21)(H,19,22)/b10-9+. The second kappa shape index (κ2) is 8.02. The van der Waals surface area contributed by atoms with Crippen LogP contribution in [0.25, 0.3) is 6.08 Å². The lowest BCUT2D eigenvalue weighted by Crippen LogP contribution is -2.40. The molecule has 0 aliphatic carbocycles. The van der Waals surface area contributed by atoms with Crippen molar-refractivity contribution >= 4 is 39.5 Å². The van der Waals surface area contributed by atoms with Crippen molar-refractivity contribution in [1.82, 2.24) is 10.9 Å². The van der Waals surface area contributed by atoms with Crippen molar-refractivity contribution in [3.05, 3.63) is 80.3 Å². The molecule has 0 fully saturated rings. The number of amides is 2. The maximum Gasteiger partial charge on any atom is 0.276 e. The summed E-state index contributed by atoms with van der Waals surface area (Å²) in [5.74, 6) is -1.11. The first-order valence-corrected chi connectivity index (χ1v) is 7.54. The van der Waals surface area contributed by atoms with E-state index in [1.54, 1.807) is 30.3 Å². The monoisotopic (exact) mass is 389 g/mol. The van der Waals surface area contributed by atoms with Crippen molar-refractivity contribution < 1.29 is 14.5 Å². The van der Waals surface area contributed by atoms with Gasteiger partial charge in [0.2, 0.25) is 0 Å². The van der Waals surface area contributed by atoms with Crippen LogP contribution < -0.4 is 10.9 Å². The van der Waals surface area contributed by atoms with Gasteiger partial charge in [-0.3, -0.25) is 30.6 Å². The number of para-hydroxylation sites is 1. The van der Waals surface area contributed by atoms with Crippen LogP contribution in [0.1, 0.15) is 15.9 Å². The Labute approximate surface area is 145 Å². The van der Waals surface area contributed by atoms with Gasteiger partial charge in [0.25, 0.3) is 17.5 Å². The first-order chi connectivity index (χ1) is 11.5. The molecule has 0 unspecified atom stereocenters. The van der Waals surface area contributed by atoms with Crippen molar-refractivity contribution in [2.75, 3.05) is 0 Å². The van der Waals surface area contributed by atoms with Crippen LogP contribution in [-0.4, -0.2) is 16.7 Å². The number of nitro benzene ring substituents is 1. The lowest BCUT2D eigenvalue weighted by molar-refractivity contribution is -0.385. The second-order valence-electron chi connectivity index (χ2n) is 4.57. The minimum Gasteiger partial charge on any atom is -0.268 e. The highest BCUT2D eigenvalue weighted by Crippen LogP contribution is 2.18. The number of nitrogens with one attached hydrogen (secondary N) is 2. The first kappa shape index (κ1) is 17.4. The summed E-state index contributed by atoms with van der Waals surface area (Å²) < 4.78 is 0.590. The van der Waals surface area contributed by atoms with E-state index in [9.17, 15) is 19.7 Å². The summed E-state index contributed by atoms with van der Waals surface area (Å²) in [4.78, 5) is 34.0. The molecule has 0 aromatic heterocycles. The molecule has 0 heterocycles. The Hall–Kier alpha value is -3.00. The van der Waals surface area contributed by atoms with E-state index in [1.165, 1.54) is 24.3 Å². The van der Waals surface area contributed by atoms with Crippen LogP contribution in [0.15, 0.2) is 59.1 Å². The number of halogens is 1. The van der Waals surface area contributed by atoms with Gasteiger partial charge in [-0.1, -0.05) is 24.3 Å². The van der Waals surface area contributed by atoms with Crippen molar-refractivity contribution in [3.63, 3.8) is 0 Å². The molecule has 0 atom stereocenters. The molecule has 8 heteroatoms. The summed E-state index contributed by atoms with van der Waals surface area (Å²) >= 11 is 3.24. The molecular formula is C16H12BrN3O4. The lowest BCUT2D eigenvalue weighted by atomic mass is 10.1. The van der Waals surface area contributed by atoms with Crippen LogP contribution in [0, 0.1) is 10.1 Å². The molecule has 0 radical (unpaired) electrons. The number of carbonyl (C=O) groups is 2. The van der Waals surface area contributed by atoms with Crippen LogP contribution in [-0.2, 0) is 4.79 Å². The van der Waals surface area contributed by atoms with Gasteiger partial charge in [-0.25, -0.2) is 0 Å². The first-order valence-electron chi connectivity index (χ1n) is 6.75. The highest BCUT2D eigenvalue weighted by atomic mass is 79.9. The van der Waals surface area contributed by atoms with E-state index in [0.29, 0.717) is 10.0 Å². The number of hydrogen-bond acceptors (Lipinski definition) is 4. The van der Waals surface area contributed by atoms with Crippen LogP contribution >= 0.6 is 15.9 Å². The molecule has 24 heavy (non-hydrogen) atoms. The van der Waals surface area contributed by atoms with Crippen molar-refractivity contribution in [2.24, 2.45) is 0 Å².